The Labute approximate surface area is 310 Å². The molecule has 2 aromatic carbocycles. The monoisotopic (exact) mass is 771 g/mol. The number of halogens is 6. The summed E-state index contributed by atoms with van der Waals surface area (Å²) in [6, 6.07) is 6.00. The van der Waals surface area contributed by atoms with Crippen LogP contribution in [0.1, 0.15) is 50.5 Å². The first-order valence-electron chi connectivity index (χ1n) is 17.9. The van der Waals surface area contributed by atoms with E-state index in [4.69, 9.17) is 27.1 Å². The molecule has 278 valence electrons. The number of hydrogen-bond acceptors (Lipinski definition) is 9. The van der Waals surface area contributed by atoms with E-state index in [0.717, 1.165) is 50.0 Å². The number of carbonyl (C=O) groups is 1. The third-order valence-corrected chi connectivity index (χ3v) is 13.3. The second kappa shape index (κ2) is 12.3. The number of anilines is 2. The van der Waals surface area contributed by atoms with Crippen molar-refractivity contribution in [2.45, 2.75) is 62.6 Å². The Kier molecular flexibility index (Phi) is 8.04. The number of thiophene rings is 1. The molecule has 1 aliphatic carbocycles. The van der Waals surface area contributed by atoms with E-state index >= 15 is 4.39 Å². The van der Waals surface area contributed by atoms with Crippen molar-refractivity contribution in [3.63, 3.8) is 0 Å². The van der Waals surface area contributed by atoms with Crippen LogP contribution in [0.4, 0.5) is 32.8 Å². The Balaban J connectivity index is 1.14. The third-order valence-electron chi connectivity index (χ3n) is 12.0. The van der Waals surface area contributed by atoms with Crippen molar-refractivity contribution in [2.24, 2.45) is 11.3 Å². The average molecular weight is 772 g/mol. The lowest BCUT2D eigenvalue weighted by molar-refractivity contribution is -0.147. The predicted octanol–water partition coefficient (Wildman–Crippen LogP) is 7.33. The van der Waals surface area contributed by atoms with Gasteiger partial charge >= 0.3 is 6.01 Å². The molecule has 1 spiro atoms. The Bertz CT molecular complexity index is 2240. The number of nitriles is 1. The number of aromatic nitrogens is 2. The zero-order valence-corrected chi connectivity index (χ0v) is 30.1. The number of benzene rings is 2. The van der Waals surface area contributed by atoms with E-state index in [1.54, 1.807) is 6.07 Å². The van der Waals surface area contributed by atoms with Crippen molar-refractivity contribution >= 4 is 60.7 Å². The number of alkyl halides is 3. The smallest absolute Gasteiger partial charge is 0.319 e. The van der Waals surface area contributed by atoms with Gasteiger partial charge in [0.05, 0.1) is 20.8 Å². The van der Waals surface area contributed by atoms with Crippen LogP contribution in [0.5, 0.6) is 6.01 Å². The van der Waals surface area contributed by atoms with Crippen LogP contribution in [-0.2, 0) is 4.79 Å². The molecule has 3 atom stereocenters. The molecule has 1 saturated carbocycles. The number of carbonyl (C=O) groups excluding carboxylic acids is 1. The van der Waals surface area contributed by atoms with E-state index in [9.17, 15) is 27.6 Å². The molecule has 53 heavy (non-hydrogen) atoms. The second-order valence-corrected chi connectivity index (χ2v) is 16.9. The van der Waals surface area contributed by atoms with Gasteiger partial charge in [-0.15, -0.1) is 11.3 Å². The van der Waals surface area contributed by atoms with Gasteiger partial charge < -0.3 is 20.3 Å². The van der Waals surface area contributed by atoms with Gasteiger partial charge in [-0.25, -0.2) is 22.0 Å². The molecule has 4 saturated heterocycles. The van der Waals surface area contributed by atoms with E-state index in [1.807, 2.05) is 11.0 Å². The molecule has 2 N–H and O–H groups in total. The summed E-state index contributed by atoms with van der Waals surface area (Å²) in [5.74, 6) is -5.81. The number of fused-ring (bicyclic) bond motifs is 3. The highest BCUT2D eigenvalue weighted by molar-refractivity contribution is 7.23. The van der Waals surface area contributed by atoms with Gasteiger partial charge in [0.1, 0.15) is 46.9 Å². The lowest BCUT2D eigenvalue weighted by Crippen LogP contribution is -2.62. The molecule has 4 aromatic rings. The lowest BCUT2D eigenvalue weighted by atomic mass is 9.75. The van der Waals surface area contributed by atoms with Gasteiger partial charge in [-0.2, -0.15) is 15.2 Å². The first-order valence-corrected chi connectivity index (χ1v) is 19.1. The first-order chi connectivity index (χ1) is 25.3. The van der Waals surface area contributed by atoms with Crippen LogP contribution in [-0.4, -0.2) is 89.2 Å². The first kappa shape index (κ1) is 34.7. The van der Waals surface area contributed by atoms with Crippen molar-refractivity contribution in [2.75, 3.05) is 56.5 Å². The number of hydrogen-bond donors (Lipinski definition) is 1. The molecular formula is C37H35ClF5N7O2S. The van der Waals surface area contributed by atoms with Crippen LogP contribution in [0.2, 0.25) is 5.02 Å². The van der Waals surface area contributed by atoms with Gasteiger partial charge in [-0.1, -0.05) is 24.1 Å². The zero-order chi connectivity index (χ0) is 37.0. The van der Waals surface area contributed by atoms with Crippen LogP contribution in [0.15, 0.2) is 18.2 Å². The van der Waals surface area contributed by atoms with E-state index in [0.29, 0.717) is 50.3 Å². The summed E-state index contributed by atoms with van der Waals surface area (Å²) < 4.78 is 80.7. The maximum atomic E-state index is 17.2. The Morgan fingerprint density at radius 1 is 1.11 bits per heavy atom. The number of nitrogen functional groups attached to an aromatic ring is 1. The van der Waals surface area contributed by atoms with Gasteiger partial charge in [0.25, 0.3) is 5.92 Å². The lowest BCUT2D eigenvalue weighted by Gasteiger charge is -2.51. The minimum atomic E-state index is -2.95. The van der Waals surface area contributed by atoms with Gasteiger partial charge in [0.15, 0.2) is 5.82 Å². The van der Waals surface area contributed by atoms with Gasteiger partial charge in [0.2, 0.25) is 5.91 Å². The number of amides is 1. The summed E-state index contributed by atoms with van der Waals surface area (Å²) in [4.78, 5) is 27.8. The summed E-state index contributed by atoms with van der Waals surface area (Å²) in [7, 11) is 0. The quantitative estimate of drug-likeness (QED) is 0.203. The van der Waals surface area contributed by atoms with Gasteiger partial charge in [-0.05, 0) is 49.9 Å². The summed E-state index contributed by atoms with van der Waals surface area (Å²) >= 11 is 7.79. The van der Waals surface area contributed by atoms with E-state index in [2.05, 4.69) is 9.88 Å². The number of nitrogens with zero attached hydrogens (tertiary/aromatic N) is 6. The van der Waals surface area contributed by atoms with Crippen molar-refractivity contribution in [1.82, 2.24) is 19.8 Å². The standard InChI is InChI=1S/C37H35ClF5N7O2S/c38-24-10-21-29(28(41)27(24)20-4-5-25(40)30-26(20)22(13-44)31(45)53-30)46-34(52-18-36-7-3-9-50(36)14-19(39)11-36)47-32(21)48-8-2-1-6-35(15-48)16-49(17-35)33(51)23-12-37(23,42)43/h4-5,10,19,23H,1-3,6-9,11-12,14-18,45H2/t19-,23?,36+/m1/s1. The largest absolute Gasteiger partial charge is 0.461 e. The highest BCUT2D eigenvalue weighted by Crippen LogP contribution is 2.52. The third kappa shape index (κ3) is 5.57. The average Bonchev–Trinajstić information content (AvgIpc) is 3.28. The summed E-state index contributed by atoms with van der Waals surface area (Å²) in [5, 5.41) is 10.4. The molecule has 6 heterocycles. The number of nitrogens with two attached hydrogens (primary N) is 1. The molecule has 4 aliphatic heterocycles. The van der Waals surface area contributed by atoms with Crippen molar-refractivity contribution in [3.8, 4) is 23.2 Å². The normalized spacial score (nSPS) is 26.1. The van der Waals surface area contributed by atoms with Crippen molar-refractivity contribution in [1.29, 1.82) is 5.26 Å². The molecule has 5 fully saturated rings. The van der Waals surface area contributed by atoms with Gasteiger partial charge in [0, 0.05) is 67.3 Å². The summed E-state index contributed by atoms with van der Waals surface area (Å²) in [6.07, 6.45) is 2.90. The van der Waals surface area contributed by atoms with Crippen molar-refractivity contribution in [3.05, 3.63) is 40.4 Å². The topological polar surface area (TPSA) is 112 Å². The highest BCUT2D eigenvalue weighted by Gasteiger charge is 2.64. The van der Waals surface area contributed by atoms with Gasteiger partial charge in [-0.3, -0.25) is 9.69 Å². The molecule has 5 aliphatic rings. The minimum Gasteiger partial charge on any atom is -0.461 e. The molecule has 1 unspecified atom stereocenters. The molecule has 2 aromatic heterocycles. The van der Waals surface area contributed by atoms with Crippen LogP contribution in [0, 0.1) is 34.3 Å². The molecule has 1 amide bonds. The fourth-order valence-corrected chi connectivity index (χ4v) is 10.5. The van der Waals surface area contributed by atoms with E-state index in [-0.39, 0.29) is 60.3 Å². The fourth-order valence-electron chi connectivity index (χ4n) is 9.29. The number of ether oxygens (including phenoxy) is 1. The minimum absolute atomic E-state index is 0.0128. The van der Waals surface area contributed by atoms with Crippen LogP contribution in [0.3, 0.4) is 0 Å². The summed E-state index contributed by atoms with van der Waals surface area (Å²) in [5.41, 5.74) is 5.15. The molecule has 0 radical (unpaired) electrons. The fraction of sp³-hybridized carbons (Fsp3) is 0.514. The van der Waals surface area contributed by atoms with Crippen molar-refractivity contribution < 1.29 is 31.5 Å². The Hall–Kier alpha value is -4.00. The molecule has 0 bridgehead atoms. The van der Waals surface area contributed by atoms with Crippen LogP contribution < -0.4 is 15.4 Å². The molecule has 16 heteroatoms. The summed E-state index contributed by atoms with van der Waals surface area (Å²) in [6.45, 7) is 2.78. The van der Waals surface area contributed by atoms with Crippen LogP contribution >= 0.6 is 22.9 Å². The maximum Gasteiger partial charge on any atom is 0.319 e. The molecule has 9 rings (SSSR count). The highest BCUT2D eigenvalue weighted by atomic mass is 35.5. The Morgan fingerprint density at radius 3 is 2.66 bits per heavy atom. The van der Waals surface area contributed by atoms with Crippen LogP contribution in [0.25, 0.3) is 32.1 Å². The predicted molar refractivity (Wildman–Crippen MR) is 191 cm³/mol. The number of rotatable bonds is 6. The Morgan fingerprint density at radius 2 is 1.91 bits per heavy atom. The van der Waals surface area contributed by atoms with E-state index < -0.39 is 47.5 Å². The zero-order valence-electron chi connectivity index (χ0n) is 28.5. The second-order valence-electron chi connectivity index (χ2n) is 15.5. The molecular weight excluding hydrogens is 737 g/mol. The van der Waals surface area contributed by atoms with E-state index in [1.165, 1.54) is 17.0 Å². The maximum absolute atomic E-state index is 17.2. The number of likely N-dealkylation sites (tertiary alicyclic amines) is 1. The SMILES string of the molecule is N#Cc1c(N)sc2c(F)ccc(-c3c(Cl)cc4c(N5CCCCC6(CN(C(=O)C7CC7(F)F)C6)C5)nc(OC[C@@]56CCCN5C[C@H](F)C6)nc4c3F)c12. The molecule has 9 nitrogen and oxygen atoms in total.